The molecule has 2 unspecified atom stereocenters. The molecule has 0 saturated carbocycles. The molecule has 1 rings (SSSR count). The Labute approximate surface area is 55.8 Å². The quantitative estimate of drug-likeness (QED) is 0.572. The first-order valence-electron chi connectivity index (χ1n) is 3.37. The highest BCUT2D eigenvalue weighted by Crippen LogP contribution is 2.33. The molecule has 0 aliphatic carbocycles. The molecule has 0 bridgehead atoms. The zero-order valence-electron chi connectivity index (χ0n) is 6.22. The second-order valence-corrected chi connectivity index (χ2v) is 3.36. The maximum absolute atomic E-state index is 8.98. The molecule has 1 N–H and O–H groups in total. The summed E-state index contributed by atoms with van der Waals surface area (Å²) in [6, 6.07) is 0. The fourth-order valence-electron chi connectivity index (χ4n) is 1.15. The van der Waals surface area contributed by atoms with Crippen molar-refractivity contribution >= 4 is 0 Å². The molecule has 1 heterocycles. The third-order valence-corrected chi connectivity index (χ3v) is 1.70. The molecule has 1 aliphatic heterocycles. The number of aliphatic hydroxyl groups excluding tert-OH is 1. The van der Waals surface area contributed by atoms with Crippen LogP contribution in [-0.2, 0) is 4.74 Å². The van der Waals surface area contributed by atoms with Crippen LogP contribution in [0.1, 0.15) is 27.2 Å². The van der Waals surface area contributed by atoms with Crippen LogP contribution in [0.2, 0.25) is 0 Å². The summed E-state index contributed by atoms with van der Waals surface area (Å²) in [6.07, 6.45) is 0.753. The van der Waals surface area contributed by atoms with Crippen LogP contribution in [-0.4, -0.2) is 22.9 Å². The van der Waals surface area contributed by atoms with Crippen LogP contribution in [0.5, 0.6) is 0 Å². The van der Waals surface area contributed by atoms with E-state index in [-0.39, 0.29) is 17.8 Å². The molecule has 0 spiro atoms. The zero-order valence-corrected chi connectivity index (χ0v) is 6.22. The van der Waals surface area contributed by atoms with Crippen molar-refractivity contribution in [1.29, 1.82) is 0 Å². The summed E-state index contributed by atoms with van der Waals surface area (Å²) in [4.78, 5) is 0. The van der Waals surface area contributed by atoms with Gasteiger partial charge in [0, 0.05) is 6.42 Å². The van der Waals surface area contributed by atoms with Gasteiger partial charge in [-0.2, -0.15) is 0 Å². The average Bonchev–Trinajstić information content (AvgIpc) is 1.59. The smallest absolute Gasteiger partial charge is 0.0865 e. The van der Waals surface area contributed by atoms with Crippen LogP contribution >= 0.6 is 0 Å². The summed E-state index contributed by atoms with van der Waals surface area (Å²) in [5.74, 6) is 0. The molecule has 54 valence electrons. The summed E-state index contributed by atoms with van der Waals surface area (Å²) >= 11 is 0. The van der Waals surface area contributed by atoms with Gasteiger partial charge in [0.25, 0.3) is 0 Å². The third-order valence-electron chi connectivity index (χ3n) is 1.70. The normalized spacial score (nSPS) is 35.3. The molecule has 0 radical (unpaired) electrons. The van der Waals surface area contributed by atoms with Gasteiger partial charge in [-0.15, -0.1) is 0 Å². The van der Waals surface area contributed by atoms with Crippen LogP contribution in [0.15, 0.2) is 0 Å². The lowest BCUT2D eigenvalue weighted by atomic mass is 9.91. The third kappa shape index (κ3) is 1.43. The molecule has 0 aromatic carbocycles. The fraction of sp³-hybridized carbons (Fsp3) is 1.00. The Bertz CT molecular complexity index is 99.5. The predicted molar refractivity (Wildman–Crippen MR) is 35.2 cm³/mol. The number of aliphatic hydroxyl groups is 1. The van der Waals surface area contributed by atoms with E-state index >= 15 is 0 Å². The maximum Gasteiger partial charge on any atom is 0.0865 e. The lowest BCUT2D eigenvalue weighted by molar-refractivity contribution is -0.216. The van der Waals surface area contributed by atoms with Crippen molar-refractivity contribution in [3.8, 4) is 0 Å². The zero-order chi connectivity index (χ0) is 7.07. The average molecular weight is 130 g/mol. The molecular weight excluding hydrogens is 116 g/mol. The lowest BCUT2D eigenvalue weighted by Crippen LogP contribution is -2.50. The van der Waals surface area contributed by atoms with E-state index in [1.54, 1.807) is 6.92 Å². The molecule has 2 nitrogen and oxygen atoms in total. The van der Waals surface area contributed by atoms with Gasteiger partial charge in [-0.25, -0.2) is 0 Å². The van der Waals surface area contributed by atoms with Crippen LogP contribution < -0.4 is 0 Å². The van der Waals surface area contributed by atoms with Gasteiger partial charge in [-0.3, -0.25) is 0 Å². The topological polar surface area (TPSA) is 29.5 Å². The Balaban J connectivity index is 2.27. The van der Waals surface area contributed by atoms with Crippen molar-refractivity contribution in [3.05, 3.63) is 0 Å². The molecule has 1 aliphatic rings. The van der Waals surface area contributed by atoms with Gasteiger partial charge < -0.3 is 9.84 Å². The van der Waals surface area contributed by atoms with Crippen molar-refractivity contribution in [2.24, 2.45) is 0 Å². The maximum atomic E-state index is 8.98. The second-order valence-electron chi connectivity index (χ2n) is 3.36. The van der Waals surface area contributed by atoms with E-state index in [1.165, 1.54) is 0 Å². The molecule has 0 aromatic heterocycles. The minimum atomic E-state index is -0.307. The van der Waals surface area contributed by atoms with E-state index in [1.807, 2.05) is 13.8 Å². The number of hydrogen-bond acceptors (Lipinski definition) is 2. The molecule has 1 fully saturated rings. The van der Waals surface area contributed by atoms with Crippen molar-refractivity contribution in [3.63, 3.8) is 0 Å². The molecule has 1 saturated heterocycles. The number of hydrogen-bond donors (Lipinski definition) is 1. The molecular formula is C7H14O2. The van der Waals surface area contributed by atoms with Crippen molar-refractivity contribution < 1.29 is 9.84 Å². The Morgan fingerprint density at radius 2 is 2.11 bits per heavy atom. The monoisotopic (exact) mass is 130 g/mol. The first-order chi connectivity index (χ1) is 4.01. The Morgan fingerprint density at radius 1 is 1.67 bits per heavy atom. The Hall–Kier alpha value is -0.0800. The van der Waals surface area contributed by atoms with Gasteiger partial charge >= 0.3 is 0 Å². The van der Waals surface area contributed by atoms with E-state index in [9.17, 15) is 0 Å². The van der Waals surface area contributed by atoms with Crippen molar-refractivity contribution in [2.45, 2.75) is 45.0 Å². The Morgan fingerprint density at radius 3 is 2.22 bits per heavy atom. The molecule has 9 heavy (non-hydrogen) atoms. The molecule has 0 amide bonds. The van der Waals surface area contributed by atoms with E-state index in [4.69, 9.17) is 9.84 Å². The SMILES string of the molecule is CC(O)C1CC(C)(C)O1. The van der Waals surface area contributed by atoms with Gasteiger partial charge in [0.15, 0.2) is 0 Å². The molecule has 2 heteroatoms. The standard InChI is InChI=1S/C7H14O2/c1-5(8)6-4-7(2,3)9-6/h5-6,8H,4H2,1-3H3. The minimum absolute atomic E-state index is 0.0155. The van der Waals surface area contributed by atoms with Gasteiger partial charge in [-0.05, 0) is 20.8 Å². The summed E-state index contributed by atoms with van der Waals surface area (Å²) in [7, 11) is 0. The summed E-state index contributed by atoms with van der Waals surface area (Å²) in [6.45, 7) is 5.83. The largest absolute Gasteiger partial charge is 0.391 e. The predicted octanol–water partition coefficient (Wildman–Crippen LogP) is 0.935. The van der Waals surface area contributed by atoms with Crippen LogP contribution in [0.4, 0.5) is 0 Å². The van der Waals surface area contributed by atoms with E-state index in [2.05, 4.69) is 0 Å². The minimum Gasteiger partial charge on any atom is -0.391 e. The highest BCUT2D eigenvalue weighted by Gasteiger charge is 2.39. The first-order valence-corrected chi connectivity index (χ1v) is 3.37. The highest BCUT2D eigenvalue weighted by molar-refractivity contribution is 4.87. The summed E-state index contributed by atoms with van der Waals surface area (Å²) < 4.78 is 5.34. The lowest BCUT2D eigenvalue weighted by Gasteiger charge is -2.44. The van der Waals surface area contributed by atoms with E-state index in [0.29, 0.717) is 0 Å². The van der Waals surface area contributed by atoms with Gasteiger partial charge in [0.05, 0.1) is 17.8 Å². The van der Waals surface area contributed by atoms with E-state index < -0.39 is 0 Å². The number of rotatable bonds is 1. The molecule has 2 atom stereocenters. The second kappa shape index (κ2) is 1.96. The van der Waals surface area contributed by atoms with E-state index in [0.717, 1.165) is 6.42 Å². The Kier molecular flexibility index (Phi) is 1.53. The highest BCUT2D eigenvalue weighted by atomic mass is 16.5. The van der Waals surface area contributed by atoms with Crippen LogP contribution in [0.25, 0.3) is 0 Å². The van der Waals surface area contributed by atoms with Gasteiger partial charge in [0.2, 0.25) is 0 Å². The first kappa shape index (κ1) is 7.03. The fourth-order valence-corrected chi connectivity index (χ4v) is 1.15. The summed E-state index contributed by atoms with van der Waals surface area (Å²) in [5.41, 5.74) is 0.0155. The van der Waals surface area contributed by atoms with Crippen molar-refractivity contribution in [1.82, 2.24) is 0 Å². The van der Waals surface area contributed by atoms with Gasteiger partial charge in [0.1, 0.15) is 0 Å². The van der Waals surface area contributed by atoms with Crippen LogP contribution in [0.3, 0.4) is 0 Å². The molecule has 0 aromatic rings. The van der Waals surface area contributed by atoms with Gasteiger partial charge in [-0.1, -0.05) is 0 Å². The number of ether oxygens (including phenoxy) is 1. The summed E-state index contributed by atoms with van der Waals surface area (Å²) in [5, 5.41) is 8.98. The van der Waals surface area contributed by atoms with Crippen molar-refractivity contribution in [2.75, 3.05) is 0 Å². The van der Waals surface area contributed by atoms with Crippen LogP contribution in [0, 0.1) is 0 Å².